The Morgan fingerprint density at radius 1 is 1.30 bits per heavy atom. The molecule has 0 saturated carbocycles. The predicted molar refractivity (Wildman–Crippen MR) is 81.1 cm³/mol. The average Bonchev–Trinajstić information content (AvgIpc) is 2.48. The lowest BCUT2D eigenvalue weighted by Crippen LogP contribution is -2.39. The van der Waals surface area contributed by atoms with Crippen LogP contribution in [-0.4, -0.2) is 39.3 Å². The molecule has 1 heterocycles. The van der Waals surface area contributed by atoms with Gasteiger partial charge in [-0.1, -0.05) is 12.1 Å². The van der Waals surface area contributed by atoms with Gasteiger partial charge in [0.05, 0.1) is 0 Å². The fraction of sp³-hybridized carbons (Fsp3) is 0.562. The lowest BCUT2D eigenvalue weighted by Gasteiger charge is -2.21. The van der Waals surface area contributed by atoms with Gasteiger partial charge >= 0.3 is 0 Å². The third kappa shape index (κ3) is 4.23. The highest BCUT2D eigenvalue weighted by atomic mass is 16.5. The lowest BCUT2D eigenvalue weighted by atomic mass is 10.1. The minimum atomic E-state index is -0.236. The number of rotatable bonds is 5. The van der Waals surface area contributed by atoms with Crippen molar-refractivity contribution in [2.75, 3.05) is 32.1 Å². The summed E-state index contributed by atoms with van der Waals surface area (Å²) >= 11 is 0. The highest BCUT2D eigenvalue weighted by Crippen LogP contribution is 2.13. The summed E-state index contributed by atoms with van der Waals surface area (Å²) in [5.41, 5.74) is 2.42. The van der Waals surface area contributed by atoms with E-state index in [1.165, 1.54) is 11.3 Å². The molecule has 1 amide bonds. The molecule has 0 bridgehead atoms. The molecule has 1 N–H and O–H groups in total. The number of anilines is 1. The van der Waals surface area contributed by atoms with E-state index in [1.54, 1.807) is 0 Å². The summed E-state index contributed by atoms with van der Waals surface area (Å²) in [6.07, 6.45) is 3.63. The van der Waals surface area contributed by atoms with E-state index >= 15 is 0 Å². The van der Waals surface area contributed by atoms with E-state index in [-0.39, 0.29) is 12.0 Å². The molecule has 1 unspecified atom stereocenters. The molecule has 1 aliphatic heterocycles. The molecular formula is C16H24N2O2. The van der Waals surface area contributed by atoms with Gasteiger partial charge < -0.3 is 15.0 Å². The number of ether oxygens (including phenoxy) is 1. The molecule has 2 rings (SSSR count). The Bertz CT molecular complexity index is 423. The maximum Gasteiger partial charge on any atom is 0.249 e. The van der Waals surface area contributed by atoms with Crippen LogP contribution in [0.15, 0.2) is 24.3 Å². The largest absolute Gasteiger partial charge is 0.378 e. The summed E-state index contributed by atoms with van der Waals surface area (Å²) in [5.74, 6) is 0.0367. The topological polar surface area (TPSA) is 41.6 Å². The van der Waals surface area contributed by atoms with Crippen molar-refractivity contribution in [2.24, 2.45) is 0 Å². The van der Waals surface area contributed by atoms with Crippen molar-refractivity contribution in [3.05, 3.63) is 29.8 Å². The van der Waals surface area contributed by atoms with Gasteiger partial charge in [-0.2, -0.15) is 0 Å². The van der Waals surface area contributed by atoms with E-state index in [2.05, 4.69) is 34.5 Å². The van der Waals surface area contributed by atoms with Crippen LogP contribution in [0.3, 0.4) is 0 Å². The monoisotopic (exact) mass is 276 g/mol. The number of hydrogen-bond donors (Lipinski definition) is 1. The number of hydrogen-bond acceptors (Lipinski definition) is 3. The molecule has 0 aromatic heterocycles. The van der Waals surface area contributed by atoms with Crippen molar-refractivity contribution in [2.45, 2.75) is 31.8 Å². The van der Waals surface area contributed by atoms with Crippen LogP contribution in [-0.2, 0) is 16.0 Å². The summed E-state index contributed by atoms with van der Waals surface area (Å²) in [6, 6.07) is 8.42. The van der Waals surface area contributed by atoms with Gasteiger partial charge in [-0.3, -0.25) is 4.79 Å². The average molecular weight is 276 g/mol. The van der Waals surface area contributed by atoms with Gasteiger partial charge in [0.15, 0.2) is 0 Å². The second kappa shape index (κ2) is 7.29. The van der Waals surface area contributed by atoms with Gasteiger partial charge in [0.25, 0.3) is 0 Å². The number of benzene rings is 1. The van der Waals surface area contributed by atoms with Gasteiger partial charge in [0.1, 0.15) is 6.10 Å². The van der Waals surface area contributed by atoms with Crippen LogP contribution in [0.1, 0.15) is 24.8 Å². The minimum absolute atomic E-state index is 0.0367. The van der Waals surface area contributed by atoms with Crippen LogP contribution in [0.4, 0.5) is 5.69 Å². The maximum atomic E-state index is 11.9. The fourth-order valence-corrected chi connectivity index (χ4v) is 2.35. The van der Waals surface area contributed by atoms with E-state index in [9.17, 15) is 4.79 Å². The van der Waals surface area contributed by atoms with E-state index in [4.69, 9.17) is 4.74 Å². The van der Waals surface area contributed by atoms with Crippen LogP contribution in [0.5, 0.6) is 0 Å². The third-order valence-electron chi connectivity index (χ3n) is 3.64. The Morgan fingerprint density at radius 2 is 2.05 bits per heavy atom. The molecule has 1 fully saturated rings. The van der Waals surface area contributed by atoms with Crippen molar-refractivity contribution in [3.8, 4) is 0 Å². The van der Waals surface area contributed by atoms with Crippen LogP contribution in [0.2, 0.25) is 0 Å². The fourth-order valence-electron chi connectivity index (χ4n) is 2.35. The second-order valence-corrected chi connectivity index (χ2v) is 5.46. The summed E-state index contributed by atoms with van der Waals surface area (Å²) in [7, 11) is 4.05. The van der Waals surface area contributed by atoms with Gasteiger partial charge in [-0.25, -0.2) is 0 Å². The molecule has 1 atom stereocenters. The zero-order valence-corrected chi connectivity index (χ0v) is 12.4. The molecule has 1 aromatic carbocycles. The van der Waals surface area contributed by atoms with E-state index in [0.29, 0.717) is 13.2 Å². The zero-order valence-electron chi connectivity index (χ0n) is 12.4. The number of amides is 1. The van der Waals surface area contributed by atoms with Crippen molar-refractivity contribution in [1.82, 2.24) is 5.32 Å². The molecule has 4 heteroatoms. The molecule has 0 spiro atoms. The summed E-state index contributed by atoms with van der Waals surface area (Å²) < 4.78 is 5.47. The van der Waals surface area contributed by atoms with Gasteiger partial charge in [0, 0.05) is 32.9 Å². The highest BCUT2D eigenvalue weighted by molar-refractivity contribution is 5.80. The van der Waals surface area contributed by atoms with Gasteiger partial charge in [-0.15, -0.1) is 0 Å². The predicted octanol–water partition coefficient (Wildman–Crippen LogP) is 1.98. The number of carbonyl (C=O) groups excluding carboxylic acids is 1. The SMILES string of the molecule is CN(C)c1ccc(CCNC(=O)C2CCCCO2)cc1. The molecular weight excluding hydrogens is 252 g/mol. The Kier molecular flexibility index (Phi) is 5.41. The summed E-state index contributed by atoms with van der Waals surface area (Å²) in [5, 5.41) is 2.96. The quantitative estimate of drug-likeness (QED) is 0.894. The molecule has 1 aliphatic rings. The summed E-state index contributed by atoms with van der Waals surface area (Å²) in [4.78, 5) is 14.0. The molecule has 20 heavy (non-hydrogen) atoms. The molecule has 4 nitrogen and oxygen atoms in total. The first-order valence-electron chi connectivity index (χ1n) is 7.32. The Hall–Kier alpha value is -1.55. The second-order valence-electron chi connectivity index (χ2n) is 5.46. The van der Waals surface area contributed by atoms with Crippen LogP contribution >= 0.6 is 0 Å². The van der Waals surface area contributed by atoms with Gasteiger partial charge in [0.2, 0.25) is 5.91 Å². The van der Waals surface area contributed by atoms with Crippen LogP contribution < -0.4 is 10.2 Å². The van der Waals surface area contributed by atoms with E-state index in [1.807, 2.05) is 14.1 Å². The summed E-state index contributed by atoms with van der Waals surface area (Å²) in [6.45, 7) is 1.38. The molecule has 1 aromatic rings. The van der Waals surface area contributed by atoms with Crippen LogP contribution in [0, 0.1) is 0 Å². The third-order valence-corrected chi connectivity index (χ3v) is 3.64. The molecule has 1 saturated heterocycles. The van der Waals surface area contributed by atoms with Crippen molar-refractivity contribution in [1.29, 1.82) is 0 Å². The first kappa shape index (κ1) is 14.9. The number of nitrogens with one attached hydrogen (secondary N) is 1. The van der Waals surface area contributed by atoms with E-state index in [0.717, 1.165) is 25.7 Å². The first-order chi connectivity index (χ1) is 9.66. The van der Waals surface area contributed by atoms with Crippen molar-refractivity contribution >= 4 is 11.6 Å². The van der Waals surface area contributed by atoms with Crippen LogP contribution in [0.25, 0.3) is 0 Å². The Labute approximate surface area is 121 Å². The highest BCUT2D eigenvalue weighted by Gasteiger charge is 2.21. The van der Waals surface area contributed by atoms with E-state index < -0.39 is 0 Å². The Morgan fingerprint density at radius 3 is 2.65 bits per heavy atom. The van der Waals surface area contributed by atoms with Crippen molar-refractivity contribution < 1.29 is 9.53 Å². The number of nitrogens with zero attached hydrogens (tertiary/aromatic N) is 1. The standard InChI is InChI=1S/C16H24N2O2/c1-18(2)14-8-6-13(7-9-14)10-11-17-16(19)15-5-3-4-12-20-15/h6-9,15H,3-5,10-12H2,1-2H3,(H,17,19). The van der Waals surface area contributed by atoms with Gasteiger partial charge in [-0.05, 0) is 43.4 Å². The maximum absolute atomic E-state index is 11.9. The Balaban J connectivity index is 1.73. The van der Waals surface area contributed by atoms with Crippen molar-refractivity contribution in [3.63, 3.8) is 0 Å². The smallest absolute Gasteiger partial charge is 0.249 e. The number of carbonyl (C=O) groups is 1. The normalized spacial score (nSPS) is 18.6. The lowest BCUT2D eigenvalue weighted by molar-refractivity contribution is -0.135. The molecule has 0 aliphatic carbocycles. The molecule has 0 radical (unpaired) electrons. The molecule has 110 valence electrons. The first-order valence-corrected chi connectivity index (χ1v) is 7.32. The minimum Gasteiger partial charge on any atom is -0.378 e. The zero-order chi connectivity index (χ0) is 14.4.